The van der Waals surface area contributed by atoms with Gasteiger partial charge in [-0.3, -0.25) is 9.59 Å². The number of nitrogens with zero attached hydrogens (tertiary/aromatic N) is 1. The molecule has 2 aromatic rings. The zero-order valence-corrected chi connectivity index (χ0v) is 14.1. The van der Waals surface area contributed by atoms with Crippen LogP contribution in [-0.2, 0) is 0 Å². The minimum atomic E-state index is -0.573. The minimum absolute atomic E-state index is 0. The third-order valence-corrected chi connectivity index (χ3v) is 4.28. The molecule has 0 radical (unpaired) electrons. The van der Waals surface area contributed by atoms with Crippen LogP contribution in [0.15, 0.2) is 29.1 Å². The topological polar surface area (TPSA) is 85.4 Å². The molecule has 1 aromatic heterocycles. The number of carbonyl (C=O) groups excluding carboxylic acids is 1. The van der Waals surface area contributed by atoms with E-state index in [9.17, 15) is 14.7 Å². The number of fused-ring (bicyclic) bond motifs is 1. The zero-order chi connectivity index (χ0) is 16.2. The molecule has 0 unspecified atom stereocenters. The third-order valence-electron chi connectivity index (χ3n) is 4.28. The van der Waals surface area contributed by atoms with Gasteiger partial charge < -0.3 is 32.7 Å². The second-order valence-corrected chi connectivity index (χ2v) is 5.88. The Morgan fingerprint density at radius 3 is 2.67 bits per heavy atom. The lowest BCUT2D eigenvalue weighted by Gasteiger charge is -2.26. The van der Waals surface area contributed by atoms with Crippen LogP contribution < -0.4 is 23.3 Å². The first kappa shape index (κ1) is 18.3. The maximum Gasteiger partial charge on any atom is 0.265 e. The number of hydrogen-bond acceptors (Lipinski definition) is 4. The normalized spacial score (nSPS) is 15.0. The number of aromatic nitrogens is 1. The van der Waals surface area contributed by atoms with Gasteiger partial charge in [-0.15, -0.1) is 0 Å². The highest BCUT2D eigenvalue weighted by atomic mass is 35.5. The lowest BCUT2D eigenvalue weighted by molar-refractivity contribution is -0.0000146. The molecule has 24 heavy (non-hydrogen) atoms. The zero-order valence-electron chi connectivity index (χ0n) is 13.3. The van der Waals surface area contributed by atoms with Gasteiger partial charge in [-0.25, -0.2) is 0 Å². The summed E-state index contributed by atoms with van der Waals surface area (Å²) in [6, 6.07) is 6.87. The number of likely N-dealkylation sites (tertiary alicyclic amines) is 1. The molecule has 3 rings (SSSR count). The average Bonchev–Trinajstić information content (AvgIpc) is 2.56. The number of benzene rings is 1. The number of aromatic amines is 1. The maximum absolute atomic E-state index is 12.3. The van der Waals surface area contributed by atoms with Crippen LogP contribution in [0.2, 0.25) is 0 Å². The lowest BCUT2D eigenvalue weighted by Crippen LogP contribution is -3.00. The Morgan fingerprint density at radius 2 is 1.92 bits per heavy atom. The van der Waals surface area contributed by atoms with Crippen molar-refractivity contribution in [3.8, 4) is 5.75 Å². The molecule has 1 amide bonds. The number of halogens is 1. The maximum atomic E-state index is 12.3. The van der Waals surface area contributed by atoms with Gasteiger partial charge in [0.1, 0.15) is 11.3 Å². The fourth-order valence-electron chi connectivity index (χ4n) is 3.04. The number of nitrogens with one attached hydrogen (secondary N) is 2. The molecular weight excluding hydrogens is 330 g/mol. The smallest absolute Gasteiger partial charge is 0.265 e. The minimum Gasteiger partial charge on any atom is -1.00 e. The molecule has 1 aliphatic heterocycles. The highest BCUT2D eigenvalue weighted by Gasteiger charge is 2.19. The molecule has 0 spiro atoms. The van der Waals surface area contributed by atoms with Crippen LogP contribution in [0.25, 0.3) is 10.9 Å². The number of amides is 1. The predicted molar refractivity (Wildman–Crippen MR) is 88.9 cm³/mol. The van der Waals surface area contributed by atoms with Gasteiger partial charge in [0.15, 0.2) is 0 Å². The number of aromatic hydroxyl groups is 1. The van der Waals surface area contributed by atoms with Crippen molar-refractivity contribution in [2.75, 3.05) is 26.2 Å². The van der Waals surface area contributed by atoms with Gasteiger partial charge >= 0.3 is 0 Å². The van der Waals surface area contributed by atoms with Crippen molar-refractivity contribution in [2.24, 2.45) is 0 Å². The highest BCUT2D eigenvalue weighted by molar-refractivity contribution is 6.01. The Morgan fingerprint density at radius 1 is 1.21 bits per heavy atom. The first-order valence-corrected chi connectivity index (χ1v) is 8.01. The molecule has 0 bridgehead atoms. The van der Waals surface area contributed by atoms with Crippen molar-refractivity contribution in [3.05, 3.63) is 40.2 Å². The summed E-state index contributed by atoms with van der Waals surface area (Å²) in [5.74, 6) is -0.800. The molecule has 2 heterocycles. The molecule has 0 saturated carbocycles. The highest BCUT2D eigenvalue weighted by Crippen LogP contribution is 2.24. The molecule has 7 heteroatoms. The van der Waals surface area contributed by atoms with Crippen molar-refractivity contribution < 1.29 is 22.3 Å². The van der Waals surface area contributed by atoms with Gasteiger partial charge in [-0.1, -0.05) is 18.6 Å². The van der Waals surface area contributed by atoms with Crippen LogP contribution in [-0.4, -0.2) is 47.1 Å². The van der Waals surface area contributed by atoms with E-state index in [-0.39, 0.29) is 23.7 Å². The molecule has 1 aromatic carbocycles. The van der Waals surface area contributed by atoms with Crippen LogP contribution in [0.3, 0.4) is 0 Å². The van der Waals surface area contributed by atoms with Gasteiger partial charge in [0.25, 0.3) is 11.5 Å². The second-order valence-electron chi connectivity index (χ2n) is 5.88. The van der Waals surface area contributed by atoms with E-state index in [1.54, 1.807) is 24.3 Å². The molecule has 0 aliphatic carbocycles. The van der Waals surface area contributed by atoms with Gasteiger partial charge in [0, 0.05) is 18.5 Å². The van der Waals surface area contributed by atoms with Gasteiger partial charge in [-0.05, 0) is 38.1 Å². The van der Waals surface area contributed by atoms with E-state index in [0.29, 0.717) is 17.4 Å². The van der Waals surface area contributed by atoms with E-state index in [1.807, 2.05) is 0 Å². The van der Waals surface area contributed by atoms with Crippen LogP contribution in [0.5, 0.6) is 5.75 Å². The van der Waals surface area contributed by atoms with Crippen LogP contribution in [0.4, 0.5) is 0 Å². The van der Waals surface area contributed by atoms with Crippen molar-refractivity contribution >= 4 is 16.8 Å². The summed E-state index contributed by atoms with van der Waals surface area (Å²) in [4.78, 5) is 29.3. The van der Waals surface area contributed by atoms with E-state index in [2.05, 4.69) is 15.2 Å². The van der Waals surface area contributed by atoms with Gasteiger partial charge in [0.2, 0.25) is 0 Å². The first-order chi connectivity index (χ1) is 11.2. The molecule has 0 atom stereocenters. The van der Waals surface area contributed by atoms with E-state index >= 15 is 0 Å². The van der Waals surface area contributed by atoms with Gasteiger partial charge in [0.05, 0.1) is 5.52 Å². The van der Waals surface area contributed by atoms with Crippen molar-refractivity contribution in [1.29, 1.82) is 0 Å². The standard InChI is InChI=1S/C17H21N3O3.ClH/c21-15-12-6-2-3-7-13(12)19-17(23)14(15)16(22)18-8-11-20-9-4-1-5-10-20;/h2-3,6-7H,1,4-5,8-11H2,(H,18,22)(H2,19,21,23);1H/p-1. The van der Waals surface area contributed by atoms with Crippen molar-refractivity contribution in [3.63, 3.8) is 0 Å². The Bertz CT molecular complexity index is 769. The van der Waals surface area contributed by atoms with Crippen molar-refractivity contribution in [1.82, 2.24) is 15.2 Å². The SMILES string of the molecule is O=C(NCCN1CCCCC1)c1c(O)c2ccccc2[nH]c1=O.[Cl-]. The van der Waals surface area contributed by atoms with E-state index in [0.717, 1.165) is 19.6 Å². The molecular formula is C17H21ClN3O3-. The summed E-state index contributed by atoms with van der Waals surface area (Å²) in [6.45, 7) is 3.33. The Labute approximate surface area is 146 Å². The number of piperidine rings is 1. The third kappa shape index (κ3) is 3.88. The number of carbonyl (C=O) groups is 1. The summed E-state index contributed by atoms with van der Waals surface area (Å²) < 4.78 is 0. The second kappa shape index (κ2) is 8.17. The Balaban J connectivity index is 0.00000208. The van der Waals surface area contributed by atoms with Crippen molar-refractivity contribution in [2.45, 2.75) is 19.3 Å². The first-order valence-electron chi connectivity index (χ1n) is 8.01. The largest absolute Gasteiger partial charge is 1.00 e. The fraction of sp³-hybridized carbons (Fsp3) is 0.412. The lowest BCUT2D eigenvalue weighted by atomic mass is 10.1. The Kier molecular flexibility index (Phi) is 6.23. The number of para-hydroxylation sites is 1. The quantitative estimate of drug-likeness (QED) is 0.623. The van der Waals surface area contributed by atoms with E-state index < -0.39 is 11.5 Å². The summed E-state index contributed by atoms with van der Waals surface area (Å²) in [5.41, 5.74) is -0.279. The predicted octanol–water partition coefficient (Wildman–Crippen LogP) is -1.55. The molecule has 3 N–H and O–H groups in total. The molecule has 1 aliphatic rings. The van der Waals surface area contributed by atoms with Crippen LogP contribution in [0, 0.1) is 0 Å². The van der Waals surface area contributed by atoms with Gasteiger partial charge in [-0.2, -0.15) is 0 Å². The van der Waals surface area contributed by atoms with Crippen LogP contribution >= 0.6 is 0 Å². The number of rotatable bonds is 4. The Hall–Kier alpha value is -2.05. The summed E-state index contributed by atoms with van der Waals surface area (Å²) in [7, 11) is 0. The average molecular weight is 351 g/mol. The monoisotopic (exact) mass is 350 g/mol. The van der Waals surface area contributed by atoms with E-state index in [1.165, 1.54) is 19.3 Å². The number of pyridine rings is 1. The fourth-order valence-corrected chi connectivity index (χ4v) is 3.04. The summed E-state index contributed by atoms with van der Waals surface area (Å²) >= 11 is 0. The van der Waals surface area contributed by atoms with E-state index in [4.69, 9.17) is 0 Å². The molecule has 6 nitrogen and oxygen atoms in total. The molecule has 1 saturated heterocycles. The number of H-pyrrole nitrogens is 1. The number of hydrogen-bond donors (Lipinski definition) is 3. The molecule has 130 valence electrons. The summed E-state index contributed by atoms with van der Waals surface area (Å²) in [6.07, 6.45) is 3.65. The van der Waals surface area contributed by atoms with Crippen LogP contribution in [0.1, 0.15) is 29.6 Å². The summed E-state index contributed by atoms with van der Waals surface area (Å²) in [5, 5.41) is 13.5. The molecule has 1 fully saturated rings.